The van der Waals surface area contributed by atoms with E-state index in [4.69, 9.17) is 4.74 Å². The second-order valence-corrected chi connectivity index (χ2v) is 5.31. The molecule has 0 spiro atoms. The molecule has 1 aromatic heterocycles. The van der Waals surface area contributed by atoms with Gasteiger partial charge in [-0.1, -0.05) is 6.07 Å². The van der Waals surface area contributed by atoms with Gasteiger partial charge in [-0.3, -0.25) is 9.59 Å². The number of tetrazole rings is 1. The van der Waals surface area contributed by atoms with E-state index in [9.17, 15) is 9.59 Å². The molecule has 0 unspecified atom stereocenters. The van der Waals surface area contributed by atoms with E-state index in [0.29, 0.717) is 28.4 Å². The zero-order chi connectivity index (χ0) is 17.2. The minimum absolute atomic E-state index is 0.0113. The van der Waals surface area contributed by atoms with Gasteiger partial charge in [-0.2, -0.15) is 0 Å². The molecule has 4 rings (SSSR count). The third kappa shape index (κ3) is 3.02. The lowest BCUT2D eigenvalue weighted by molar-refractivity contribution is -0.118. The van der Waals surface area contributed by atoms with Crippen LogP contribution in [0.4, 0.5) is 11.4 Å². The summed E-state index contributed by atoms with van der Waals surface area (Å²) < 4.78 is 6.75. The third-order valence-corrected chi connectivity index (χ3v) is 3.59. The van der Waals surface area contributed by atoms with Gasteiger partial charge in [0.1, 0.15) is 12.1 Å². The highest BCUT2D eigenvalue weighted by atomic mass is 16.5. The van der Waals surface area contributed by atoms with Gasteiger partial charge in [0, 0.05) is 11.3 Å². The summed E-state index contributed by atoms with van der Waals surface area (Å²) in [6.07, 6.45) is 1.45. The van der Waals surface area contributed by atoms with Crippen LogP contribution in [0.25, 0.3) is 5.69 Å². The fraction of sp³-hybridized carbons (Fsp3) is 0.0625. The van der Waals surface area contributed by atoms with Crippen LogP contribution in [0, 0.1) is 0 Å². The molecule has 3 aromatic rings. The number of hydrogen-bond acceptors (Lipinski definition) is 6. The Balaban J connectivity index is 1.55. The minimum atomic E-state index is -0.294. The monoisotopic (exact) mass is 336 g/mol. The van der Waals surface area contributed by atoms with Gasteiger partial charge in [0.15, 0.2) is 6.61 Å². The lowest BCUT2D eigenvalue weighted by Crippen LogP contribution is -2.25. The second kappa shape index (κ2) is 6.04. The zero-order valence-electron chi connectivity index (χ0n) is 12.8. The van der Waals surface area contributed by atoms with Crippen LogP contribution in [0.3, 0.4) is 0 Å². The number of rotatable bonds is 3. The largest absolute Gasteiger partial charge is 0.482 e. The molecular formula is C16H12N6O3. The Kier molecular flexibility index (Phi) is 3.58. The predicted octanol–water partition coefficient (Wildman–Crippen LogP) is 1.25. The van der Waals surface area contributed by atoms with E-state index in [2.05, 4.69) is 26.2 Å². The first-order chi connectivity index (χ1) is 12.2. The number of ether oxygens (including phenoxy) is 1. The molecule has 0 atom stereocenters. The SMILES string of the molecule is O=C1COc2ccc(NC(=O)c3cccc(-n4cnnn4)c3)cc2N1. The van der Waals surface area contributed by atoms with E-state index >= 15 is 0 Å². The third-order valence-electron chi connectivity index (χ3n) is 3.59. The van der Waals surface area contributed by atoms with Gasteiger partial charge in [-0.15, -0.1) is 5.10 Å². The molecule has 25 heavy (non-hydrogen) atoms. The first-order valence-electron chi connectivity index (χ1n) is 7.40. The number of anilines is 2. The highest BCUT2D eigenvalue weighted by Gasteiger charge is 2.17. The average molecular weight is 336 g/mol. The van der Waals surface area contributed by atoms with E-state index < -0.39 is 0 Å². The van der Waals surface area contributed by atoms with Gasteiger partial charge < -0.3 is 15.4 Å². The number of amides is 2. The van der Waals surface area contributed by atoms with Crippen LogP contribution in [0.2, 0.25) is 0 Å². The molecule has 1 aliphatic heterocycles. The van der Waals surface area contributed by atoms with Crippen molar-refractivity contribution in [2.75, 3.05) is 17.2 Å². The molecule has 0 fully saturated rings. The van der Waals surface area contributed by atoms with Crippen molar-refractivity contribution in [1.82, 2.24) is 20.2 Å². The quantitative estimate of drug-likeness (QED) is 0.744. The number of nitrogens with zero attached hydrogens (tertiary/aromatic N) is 4. The van der Waals surface area contributed by atoms with Crippen molar-refractivity contribution in [3.63, 3.8) is 0 Å². The molecule has 2 N–H and O–H groups in total. The summed E-state index contributed by atoms with van der Waals surface area (Å²) in [4.78, 5) is 23.9. The summed E-state index contributed by atoms with van der Waals surface area (Å²) in [7, 11) is 0. The summed E-state index contributed by atoms with van der Waals surface area (Å²) in [5.74, 6) is 0.0429. The summed E-state index contributed by atoms with van der Waals surface area (Å²) >= 11 is 0. The molecule has 1 aliphatic rings. The molecule has 2 amide bonds. The molecule has 9 heteroatoms. The van der Waals surface area contributed by atoms with Gasteiger partial charge in [0.05, 0.1) is 11.4 Å². The van der Waals surface area contributed by atoms with Gasteiger partial charge in [-0.05, 0) is 46.8 Å². The van der Waals surface area contributed by atoms with Crippen molar-refractivity contribution in [1.29, 1.82) is 0 Å². The Labute approximate surface area is 141 Å². The van der Waals surface area contributed by atoms with Crippen LogP contribution in [0.1, 0.15) is 10.4 Å². The lowest BCUT2D eigenvalue weighted by Gasteiger charge is -2.18. The van der Waals surface area contributed by atoms with Gasteiger partial charge in [0.25, 0.3) is 11.8 Å². The van der Waals surface area contributed by atoms with E-state index in [1.165, 1.54) is 11.0 Å². The molecule has 0 bridgehead atoms. The maximum Gasteiger partial charge on any atom is 0.262 e. The molecule has 124 valence electrons. The first kappa shape index (κ1) is 14.8. The number of carbonyl (C=O) groups excluding carboxylic acids is 2. The van der Waals surface area contributed by atoms with Crippen LogP contribution in [-0.4, -0.2) is 38.6 Å². The van der Waals surface area contributed by atoms with E-state index in [-0.39, 0.29) is 18.4 Å². The van der Waals surface area contributed by atoms with Crippen molar-refractivity contribution >= 4 is 23.2 Å². The van der Waals surface area contributed by atoms with Gasteiger partial charge in [0.2, 0.25) is 0 Å². The molecule has 0 saturated carbocycles. The van der Waals surface area contributed by atoms with Crippen LogP contribution >= 0.6 is 0 Å². The molecule has 2 heterocycles. The molecular weight excluding hydrogens is 324 g/mol. The number of carbonyl (C=O) groups is 2. The Morgan fingerprint density at radius 2 is 2.16 bits per heavy atom. The fourth-order valence-corrected chi connectivity index (χ4v) is 2.43. The molecule has 9 nitrogen and oxygen atoms in total. The molecule has 0 radical (unpaired) electrons. The predicted molar refractivity (Wildman–Crippen MR) is 87.7 cm³/mol. The number of benzene rings is 2. The van der Waals surface area contributed by atoms with Gasteiger partial charge >= 0.3 is 0 Å². The summed E-state index contributed by atoms with van der Waals surface area (Å²) in [5.41, 5.74) is 2.19. The maximum absolute atomic E-state index is 12.5. The Hall–Kier alpha value is -3.75. The van der Waals surface area contributed by atoms with Gasteiger partial charge in [-0.25, -0.2) is 4.68 Å². The Bertz CT molecular complexity index is 954. The zero-order valence-corrected chi connectivity index (χ0v) is 12.8. The standard InChI is InChI=1S/C16H12N6O3/c23-15-8-25-14-5-4-11(7-13(14)19-15)18-16(24)10-2-1-3-12(6-10)22-9-17-20-21-22/h1-7,9H,8H2,(H,18,24)(H,19,23). The molecule has 0 saturated heterocycles. The molecule has 2 aromatic carbocycles. The Morgan fingerprint density at radius 3 is 3.00 bits per heavy atom. The second-order valence-electron chi connectivity index (χ2n) is 5.31. The highest BCUT2D eigenvalue weighted by Crippen LogP contribution is 2.30. The molecule has 0 aliphatic carbocycles. The maximum atomic E-state index is 12.5. The number of fused-ring (bicyclic) bond motifs is 1. The average Bonchev–Trinajstić information content (AvgIpc) is 3.16. The van der Waals surface area contributed by atoms with E-state index in [1.807, 2.05) is 0 Å². The summed E-state index contributed by atoms with van der Waals surface area (Å²) in [6.45, 7) is -0.0113. The smallest absolute Gasteiger partial charge is 0.262 e. The van der Waals surface area contributed by atoms with Crippen LogP contribution < -0.4 is 15.4 Å². The fourth-order valence-electron chi connectivity index (χ4n) is 2.43. The van der Waals surface area contributed by atoms with Crippen molar-refractivity contribution < 1.29 is 14.3 Å². The van der Waals surface area contributed by atoms with Crippen molar-refractivity contribution in [2.45, 2.75) is 0 Å². The van der Waals surface area contributed by atoms with Crippen LogP contribution in [0.5, 0.6) is 5.75 Å². The lowest BCUT2D eigenvalue weighted by atomic mass is 10.1. The van der Waals surface area contributed by atoms with E-state index in [0.717, 1.165) is 0 Å². The minimum Gasteiger partial charge on any atom is -0.482 e. The number of hydrogen-bond donors (Lipinski definition) is 2. The van der Waals surface area contributed by atoms with Crippen LogP contribution in [0.15, 0.2) is 48.8 Å². The first-order valence-corrected chi connectivity index (χ1v) is 7.40. The summed E-state index contributed by atoms with van der Waals surface area (Å²) in [5, 5.41) is 16.4. The Morgan fingerprint density at radius 1 is 1.24 bits per heavy atom. The van der Waals surface area contributed by atoms with Crippen molar-refractivity contribution in [3.05, 3.63) is 54.4 Å². The number of nitrogens with one attached hydrogen (secondary N) is 2. The highest BCUT2D eigenvalue weighted by molar-refractivity contribution is 6.05. The topological polar surface area (TPSA) is 111 Å². The number of aromatic nitrogens is 4. The summed E-state index contributed by atoms with van der Waals surface area (Å²) in [6, 6.07) is 11.9. The van der Waals surface area contributed by atoms with Crippen molar-refractivity contribution in [3.8, 4) is 11.4 Å². The van der Waals surface area contributed by atoms with E-state index in [1.54, 1.807) is 42.5 Å². The normalized spacial score (nSPS) is 12.7. The van der Waals surface area contributed by atoms with Crippen molar-refractivity contribution in [2.24, 2.45) is 0 Å². The van der Waals surface area contributed by atoms with Crippen LogP contribution in [-0.2, 0) is 4.79 Å².